The first-order valence-electron chi connectivity index (χ1n) is 3.64. The van der Waals surface area contributed by atoms with Crippen molar-refractivity contribution in [3.05, 3.63) is 38.8 Å². The number of rotatable bonds is 1. The summed E-state index contributed by atoms with van der Waals surface area (Å²) in [7, 11) is 0. The van der Waals surface area contributed by atoms with Crippen molar-refractivity contribution in [1.82, 2.24) is 0 Å². The lowest BCUT2D eigenvalue weighted by atomic mass is 10.1. The summed E-state index contributed by atoms with van der Waals surface area (Å²) in [6, 6.07) is 8.77. The topological polar surface area (TPSA) is 47.6 Å². The van der Waals surface area contributed by atoms with Crippen LogP contribution in [0.25, 0.3) is 6.08 Å². The average Bonchev–Trinajstić information content (AvgIpc) is 2.19. The number of hydrogen-bond donors (Lipinski definition) is 0. The van der Waals surface area contributed by atoms with Crippen LogP contribution in [0.4, 0.5) is 0 Å². The summed E-state index contributed by atoms with van der Waals surface area (Å²) in [6.07, 6.45) is 1.48. The molecule has 0 spiro atoms. The fraction of sp³-hybridized carbons (Fsp3) is 0. The lowest BCUT2D eigenvalue weighted by molar-refractivity contribution is 1.47. The molecule has 14 heavy (non-hydrogen) atoms. The Balaban J connectivity index is 3.13. The molecule has 0 bridgehead atoms. The summed E-state index contributed by atoms with van der Waals surface area (Å²) in [5, 5.41) is 17.6. The van der Waals surface area contributed by atoms with Gasteiger partial charge in [0.15, 0.2) is 0 Å². The van der Waals surface area contributed by atoms with Crippen LogP contribution < -0.4 is 0 Å². The van der Waals surface area contributed by atoms with Gasteiger partial charge in [-0.25, -0.2) is 0 Å². The van der Waals surface area contributed by atoms with E-state index in [1.807, 2.05) is 0 Å². The molecule has 2 nitrogen and oxygen atoms in total. The number of allylic oxidation sites excluding steroid dienone is 1. The Morgan fingerprint density at radius 1 is 1.36 bits per heavy atom. The molecule has 68 valence electrons. The van der Waals surface area contributed by atoms with Crippen LogP contribution in [0.5, 0.6) is 0 Å². The molecule has 1 aromatic carbocycles. The molecule has 0 amide bonds. The average molecular weight is 268 g/mol. The van der Waals surface area contributed by atoms with Gasteiger partial charge in [-0.3, -0.25) is 0 Å². The first kappa shape index (κ1) is 10.8. The van der Waals surface area contributed by atoms with Crippen LogP contribution in [0.2, 0.25) is 5.02 Å². The van der Waals surface area contributed by atoms with Gasteiger partial charge in [0, 0.05) is 4.47 Å². The van der Waals surface area contributed by atoms with Crippen LogP contribution in [-0.2, 0) is 0 Å². The van der Waals surface area contributed by atoms with Crippen LogP contribution in [0.1, 0.15) is 5.56 Å². The zero-order valence-electron chi connectivity index (χ0n) is 6.96. The highest BCUT2D eigenvalue weighted by molar-refractivity contribution is 9.10. The fourth-order valence-electron chi connectivity index (χ4n) is 0.858. The Bertz CT molecular complexity index is 450. The predicted octanol–water partition coefficient (Wildman–Crippen LogP) is 3.53. The van der Waals surface area contributed by atoms with E-state index in [1.165, 1.54) is 6.08 Å². The summed E-state index contributed by atoms with van der Waals surface area (Å²) >= 11 is 9.09. The number of nitrogens with zero attached hydrogens (tertiary/aromatic N) is 2. The summed E-state index contributed by atoms with van der Waals surface area (Å²) in [5.41, 5.74) is 0.791. The lowest BCUT2D eigenvalue weighted by Crippen LogP contribution is -1.77. The molecule has 0 atom stereocenters. The van der Waals surface area contributed by atoms with Crippen molar-refractivity contribution in [3.8, 4) is 12.1 Å². The van der Waals surface area contributed by atoms with Gasteiger partial charge in [0.1, 0.15) is 17.7 Å². The number of hydrogen-bond acceptors (Lipinski definition) is 2. The normalized spacial score (nSPS) is 8.57. The smallest absolute Gasteiger partial charge is 0.130 e. The van der Waals surface area contributed by atoms with Crippen molar-refractivity contribution >= 4 is 33.6 Å². The Kier molecular flexibility index (Phi) is 3.71. The largest absolute Gasteiger partial charge is 0.192 e. The summed E-state index contributed by atoms with van der Waals surface area (Å²) in [4.78, 5) is 0. The van der Waals surface area contributed by atoms with Crippen molar-refractivity contribution in [2.45, 2.75) is 0 Å². The Morgan fingerprint density at radius 2 is 2.00 bits per heavy atom. The molecule has 0 aliphatic carbocycles. The van der Waals surface area contributed by atoms with Crippen LogP contribution in [-0.4, -0.2) is 0 Å². The summed E-state index contributed by atoms with van der Waals surface area (Å²) < 4.78 is 0.784. The van der Waals surface area contributed by atoms with Gasteiger partial charge in [-0.15, -0.1) is 0 Å². The molecule has 0 aliphatic rings. The second-order valence-electron chi connectivity index (χ2n) is 2.46. The Labute approximate surface area is 95.2 Å². The van der Waals surface area contributed by atoms with Gasteiger partial charge in [-0.2, -0.15) is 10.5 Å². The molecule has 0 radical (unpaired) electrons. The number of halogens is 2. The molecular formula is C10H4BrClN2. The van der Waals surface area contributed by atoms with Crippen LogP contribution in [0, 0.1) is 22.7 Å². The van der Waals surface area contributed by atoms with Gasteiger partial charge < -0.3 is 0 Å². The summed E-state index contributed by atoms with van der Waals surface area (Å²) in [6.45, 7) is 0. The van der Waals surface area contributed by atoms with Gasteiger partial charge in [0.05, 0.1) is 5.02 Å². The van der Waals surface area contributed by atoms with E-state index in [1.54, 1.807) is 30.3 Å². The second-order valence-corrected chi connectivity index (χ2v) is 3.72. The highest BCUT2D eigenvalue weighted by Crippen LogP contribution is 2.24. The maximum atomic E-state index is 8.53. The molecule has 4 heteroatoms. The minimum Gasteiger partial charge on any atom is -0.192 e. The minimum atomic E-state index is 0.0587. The van der Waals surface area contributed by atoms with E-state index in [9.17, 15) is 0 Å². The van der Waals surface area contributed by atoms with Crippen LogP contribution >= 0.6 is 27.5 Å². The molecule has 0 heterocycles. The number of nitriles is 2. The molecule has 0 saturated carbocycles. The van der Waals surface area contributed by atoms with Crippen LogP contribution in [0.3, 0.4) is 0 Å². The Morgan fingerprint density at radius 3 is 2.50 bits per heavy atom. The fourth-order valence-corrected chi connectivity index (χ4v) is 1.29. The molecule has 1 aromatic rings. The maximum absolute atomic E-state index is 8.53. The molecule has 0 unspecified atom stereocenters. The SMILES string of the molecule is N#CC(C#N)=Cc1ccc(Br)c(Cl)c1. The third-order valence-corrected chi connectivity index (χ3v) is 2.73. The second kappa shape index (κ2) is 4.81. The third kappa shape index (κ3) is 2.60. The van der Waals surface area contributed by atoms with Crippen molar-refractivity contribution in [2.75, 3.05) is 0 Å². The van der Waals surface area contributed by atoms with Crippen molar-refractivity contribution < 1.29 is 0 Å². The van der Waals surface area contributed by atoms with Crippen molar-refractivity contribution in [3.63, 3.8) is 0 Å². The molecule has 0 aromatic heterocycles. The van der Waals surface area contributed by atoms with E-state index in [-0.39, 0.29) is 5.57 Å². The van der Waals surface area contributed by atoms with E-state index < -0.39 is 0 Å². The highest BCUT2D eigenvalue weighted by Gasteiger charge is 1.98. The maximum Gasteiger partial charge on any atom is 0.130 e. The first-order chi connectivity index (χ1) is 6.67. The number of benzene rings is 1. The zero-order chi connectivity index (χ0) is 10.6. The molecular weight excluding hydrogens is 263 g/mol. The standard InChI is InChI=1S/C10H4BrClN2/c11-9-2-1-7(4-10(9)12)3-8(5-13)6-14/h1-4H. The van der Waals surface area contributed by atoms with E-state index in [4.69, 9.17) is 22.1 Å². The van der Waals surface area contributed by atoms with Crippen LogP contribution in [0.15, 0.2) is 28.2 Å². The van der Waals surface area contributed by atoms with E-state index in [2.05, 4.69) is 15.9 Å². The molecule has 0 N–H and O–H groups in total. The summed E-state index contributed by atoms with van der Waals surface area (Å²) in [5.74, 6) is 0. The predicted molar refractivity (Wildman–Crippen MR) is 58.4 cm³/mol. The van der Waals surface area contributed by atoms with Crippen molar-refractivity contribution in [2.24, 2.45) is 0 Å². The molecule has 0 aliphatic heterocycles. The monoisotopic (exact) mass is 266 g/mol. The van der Waals surface area contributed by atoms with Gasteiger partial charge in [-0.1, -0.05) is 17.7 Å². The first-order valence-corrected chi connectivity index (χ1v) is 4.81. The van der Waals surface area contributed by atoms with E-state index in [0.29, 0.717) is 5.02 Å². The molecule has 1 rings (SSSR count). The van der Waals surface area contributed by atoms with E-state index >= 15 is 0 Å². The third-order valence-electron chi connectivity index (χ3n) is 1.50. The van der Waals surface area contributed by atoms with Gasteiger partial charge in [0.2, 0.25) is 0 Å². The Hall–Kier alpha value is -1.29. The molecule has 0 saturated heterocycles. The van der Waals surface area contributed by atoms with Crippen molar-refractivity contribution in [1.29, 1.82) is 10.5 Å². The van der Waals surface area contributed by atoms with Gasteiger partial charge >= 0.3 is 0 Å². The zero-order valence-corrected chi connectivity index (χ0v) is 9.30. The quantitative estimate of drug-likeness (QED) is 0.731. The minimum absolute atomic E-state index is 0.0587. The lowest BCUT2D eigenvalue weighted by Gasteiger charge is -1.97. The van der Waals surface area contributed by atoms with E-state index in [0.717, 1.165) is 10.0 Å². The highest BCUT2D eigenvalue weighted by atomic mass is 79.9. The van der Waals surface area contributed by atoms with Gasteiger partial charge in [-0.05, 0) is 39.7 Å². The van der Waals surface area contributed by atoms with Gasteiger partial charge in [0.25, 0.3) is 0 Å². The molecule has 0 fully saturated rings.